The lowest BCUT2D eigenvalue weighted by Crippen LogP contribution is -2.36. The van der Waals surface area contributed by atoms with Gasteiger partial charge in [-0.15, -0.1) is 0 Å². The van der Waals surface area contributed by atoms with Crippen molar-refractivity contribution in [3.63, 3.8) is 0 Å². The number of amides is 1. The fraction of sp³-hybridized carbons (Fsp3) is 0.300. The van der Waals surface area contributed by atoms with Gasteiger partial charge in [-0.1, -0.05) is 36.8 Å². The minimum atomic E-state index is -0.113. The Kier molecular flexibility index (Phi) is 4.65. The van der Waals surface area contributed by atoms with E-state index in [0.29, 0.717) is 28.4 Å². The Bertz CT molecular complexity index is 751. The Morgan fingerprint density at radius 3 is 2.50 bits per heavy atom. The lowest BCUT2D eigenvalue weighted by Gasteiger charge is -2.34. The summed E-state index contributed by atoms with van der Waals surface area (Å²) in [7, 11) is 0. The summed E-state index contributed by atoms with van der Waals surface area (Å²) < 4.78 is 0. The van der Waals surface area contributed by atoms with Crippen molar-refractivity contribution in [2.75, 3.05) is 5.73 Å². The first kappa shape index (κ1) is 16.2. The summed E-state index contributed by atoms with van der Waals surface area (Å²) in [5, 5.41) is 11.0. The topological polar surface area (TPSA) is 79.0 Å². The molecular formula is C20H23N3O. The van der Waals surface area contributed by atoms with Crippen molar-refractivity contribution >= 4 is 17.3 Å². The van der Waals surface area contributed by atoms with Crippen molar-refractivity contribution in [3.05, 3.63) is 65.2 Å². The molecule has 3 rings (SSSR count). The molecule has 4 nitrogen and oxygen atoms in total. The molecule has 4 heteroatoms. The van der Waals surface area contributed by atoms with Crippen LogP contribution in [0.1, 0.15) is 53.7 Å². The van der Waals surface area contributed by atoms with Gasteiger partial charge < -0.3 is 16.5 Å². The van der Waals surface area contributed by atoms with Crippen LogP contribution >= 0.6 is 0 Å². The molecule has 0 bridgehead atoms. The summed E-state index contributed by atoms with van der Waals surface area (Å²) in [5.74, 6) is 0.382. The van der Waals surface area contributed by atoms with Crippen molar-refractivity contribution in [2.24, 2.45) is 5.92 Å². The number of hydrogen-bond acceptors (Lipinski definition) is 3. The first-order chi connectivity index (χ1) is 11.6. The second-order valence-corrected chi connectivity index (χ2v) is 6.48. The van der Waals surface area contributed by atoms with Crippen LogP contribution in [0.3, 0.4) is 0 Å². The van der Waals surface area contributed by atoms with Gasteiger partial charge in [-0.2, -0.15) is 0 Å². The van der Waals surface area contributed by atoms with Crippen LogP contribution in [0.25, 0.3) is 0 Å². The summed E-state index contributed by atoms with van der Waals surface area (Å²) in [4.78, 5) is 12.7. The second kappa shape index (κ2) is 6.87. The predicted octanol–water partition coefficient (Wildman–Crippen LogP) is 3.93. The highest BCUT2D eigenvalue weighted by atomic mass is 16.1. The predicted molar refractivity (Wildman–Crippen MR) is 97.3 cm³/mol. The fourth-order valence-electron chi connectivity index (χ4n) is 3.15. The number of hydrogen-bond donors (Lipinski definition) is 3. The molecule has 1 amide bonds. The summed E-state index contributed by atoms with van der Waals surface area (Å²) >= 11 is 0. The monoisotopic (exact) mass is 321 g/mol. The zero-order chi connectivity index (χ0) is 17.1. The molecule has 2 aromatic rings. The minimum absolute atomic E-state index is 0.0366. The van der Waals surface area contributed by atoms with E-state index in [4.69, 9.17) is 11.1 Å². The molecule has 0 aliphatic heterocycles. The molecule has 0 aromatic heterocycles. The van der Waals surface area contributed by atoms with E-state index in [2.05, 4.69) is 17.4 Å². The molecule has 0 saturated heterocycles. The van der Waals surface area contributed by atoms with Crippen LogP contribution in [0, 0.1) is 11.3 Å². The number of nitrogens with two attached hydrogens (primary N) is 1. The quantitative estimate of drug-likeness (QED) is 0.576. The number of anilines is 1. The Hall–Kier alpha value is -2.62. The van der Waals surface area contributed by atoms with Crippen molar-refractivity contribution < 1.29 is 4.79 Å². The zero-order valence-electron chi connectivity index (χ0n) is 13.9. The number of nitrogens with one attached hydrogen (secondary N) is 2. The molecule has 0 spiro atoms. The molecule has 1 atom stereocenters. The lowest BCUT2D eigenvalue weighted by atomic mass is 9.77. The van der Waals surface area contributed by atoms with Gasteiger partial charge in [-0.3, -0.25) is 4.79 Å². The lowest BCUT2D eigenvalue weighted by molar-refractivity contribution is 0.0900. The van der Waals surface area contributed by atoms with Crippen molar-refractivity contribution in [1.82, 2.24) is 5.32 Å². The van der Waals surface area contributed by atoms with E-state index in [-0.39, 0.29) is 11.9 Å². The van der Waals surface area contributed by atoms with E-state index in [0.717, 1.165) is 18.4 Å². The first-order valence-corrected chi connectivity index (χ1v) is 8.37. The molecule has 24 heavy (non-hydrogen) atoms. The molecule has 2 aromatic carbocycles. The molecule has 1 fully saturated rings. The van der Waals surface area contributed by atoms with Crippen molar-refractivity contribution in [3.8, 4) is 0 Å². The molecular weight excluding hydrogens is 298 g/mol. The summed E-state index contributed by atoms with van der Waals surface area (Å²) in [6, 6.07) is 15.3. The smallest absolute Gasteiger partial charge is 0.251 e. The van der Waals surface area contributed by atoms with Gasteiger partial charge >= 0.3 is 0 Å². The molecule has 124 valence electrons. The maximum Gasteiger partial charge on any atom is 0.251 e. The molecule has 0 heterocycles. The van der Waals surface area contributed by atoms with Crippen LogP contribution in [0.2, 0.25) is 0 Å². The third-order valence-corrected chi connectivity index (χ3v) is 4.79. The molecule has 1 aliphatic carbocycles. The molecule has 4 N–H and O–H groups in total. The Morgan fingerprint density at radius 2 is 1.92 bits per heavy atom. The molecule has 1 saturated carbocycles. The van der Waals surface area contributed by atoms with Gasteiger partial charge in [0.05, 0.1) is 6.04 Å². The number of carbonyl (C=O) groups is 1. The summed E-state index contributed by atoms with van der Waals surface area (Å²) in [6.45, 7) is 1.68. The van der Waals surface area contributed by atoms with E-state index >= 15 is 0 Å². The molecule has 1 aliphatic rings. The maximum absolute atomic E-state index is 12.7. The Labute approximate surface area is 142 Å². The largest absolute Gasteiger partial charge is 0.398 e. The Balaban J connectivity index is 1.84. The summed E-state index contributed by atoms with van der Waals surface area (Å²) in [6.07, 6.45) is 3.52. The zero-order valence-corrected chi connectivity index (χ0v) is 13.9. The van der Waals surface area contributed by atoms with Gasteiger partial charge in [0.2, 0.25) is 0 Å². The maximum atomic E-state index is 12.7. The van der Waals surface area contributed by atoms with E-state index in [1.165, 1.54) is 6.42 Å². The Morgan fingerprint density at radius 1 is 1.21 bits per heavy atom. The fourth-order valence-corrected chi connectivity index (χ4v) is 3.15. The van der Waals surface area contributed by atoms with Gasteiger partial charge in [0.15, 0.2) is 0 Å². The van der Waals surface area contributed by atoms with Crippen LogP contribution in [0.15, 0.2) is 48.5 Å². The number of nitrogen functional groups attached to an aromatic ring is 1. The van der Waals surface area contributed by atoms with Crippen LogP contribution in [-0.4, -0.2) is 11.6 Å². The van der Waals surface area contributed by atoms with E-state index in [1.807, 2.05) is 18.2 Å². The average Bonchev–Trinajstić information content (AvgIpc) is 2.53. The van der Waals surface area contributed by atoms with Gasteiger partial charge in [0.25, 0.3) is 5.91 Å². The minimum Gasteiger partial charge on any atom is -0.398 e. The van der Waals surface area contributed by atoms with Crippen LogP contribution < -0.4 is 11.1 Å². The SMILES string of the molecule is CC(=N)c1cc(C(=O)NC(c2ccccc2)C2CCC2)ccc1N. The third kappa shape index (κ3) is 3.32. The summed E-state index contributed by atoms with van der Waals surface area (Å²) in [5.41, 5.74) is 9.08. The van der Waals surface area contributed by atoms with E-state index in [9.17, 15) is 4.79 Å². The number of carbonyl (C=O) groups excluding carboxylic acids is 1. The van der Waals surface area contributed by atoms with E-state index < -0.39 is 0 Å². The normalized spacial score (nSPS) is 15.4. The van der Waals surface area contributed by atoms with Gasteiger partial charge in [0.1, 0.15) is 0 Å². The molecule has 0 radical (unpaired) electrons. The van der Waals surface area contributed by atoms with Crippen molar-refractivity contribution in [1.29, 1.82) is 5.41 Å². The van der Waals surface area contributed by atoms with Gasteiger partial charge in [0, 0.05) is 22.5 Å². The first-order valence-electron chi connectivity index (χ1n) is 8.37. The van der Waals surface area contributed by atoms with Gasteiger partial charge in [-0.25, -0.2) is 0 Å². The van der Waals surface area contributed by atoms with Gasteiger partial charge in [-0.05, 0) is 49.4 Å². The number of rotatable bonds is 5. The van der Waals surface area contributed by atoms with Crippen LogP contribution in [0.5, 0.6) is 0 Å². The standard InChI is InChI=1S/C20H23N3O/c1-13(21)17-12-16(10-11-18(17)22)20(24)23-19(15-8-5-9-15)14-6-3-2-4-7-14/h2-4,6-7,10-12,15,19,21H,5,8-9,22H2,1H3,(H,23,24). The molecule has 1 unspecified atom stereocenters. The highest BCUT2D eigenvalue weighted by molar-refractivity contribution is 6.04. The highest BCUT2D eigenvalue weighted by Crippen LogP contribution is 2.37. The second-order valence-electron chi connectivity index (χ2n) is 6.48. The van der Waals surface area contributed by atoms with Crippen LogP contribution in [-0.2, 0) is 0 Å². The average molecular weight is 321 g/mol. The van der Waals surface area contributed by atoms with E-state index in [1.54, 1.807) is 25.1 Å². The highest BCUT2D eigenvalue weighted by Gasteiger charge is 2.30. The third-order valence-electron chi connectivity index (χ3n) is 4.79. The number of benzene rings is 2. The van der Waals surface area contributed by atoms with Crippen LogP contribution in [0.4, 0.5) is 5.69 Å². The van der Waals surface area contributed by atoms with Crippen molar-refractivity contribution in [2.45, 2.75) is 32.2 Å².